The van der Waals surface area contributed by atoms with E-state index in [-0.39, 0.29) is 22.9 Å². The second-order valence-corrected chi connectivity index (χ2v) is 6.28. The molecular formula is C19H18N4O2. The van der Waals surface area contributed by atoms with Crippen molar-refractivity contribution in [2.24, 2.45) is 0 Å². The Bertz CT molecular complexity index is 996. The van der Waals surface area contributed by atoms with E-state index in [1.165, 1.54) is 11.8 Å². The van der Waals surface area contributed by atoms with E-state index in [0.29, 0.717) is 17.5 Å². The van der Waals surface area contributed by atoms with Gasteiger partial charge in [0.05, 0.1) is 5.56 Å². The van der Waals surface area contributed by atoms with Gasteiger partial charge in [0.2, 0.25) is 0 Å². The number of carbonyl (C=O) groups excluding carboxylic acids is 1. The van der Waals surface area contributed by atoms with Gasteiger partial charge in [0.1, 0.15) is 5.52 Å². The van der Waals surface area contributed by atoms with Gasteiger partial charge in [-0.2, -0.15) is 0 Å². The van der Waals surface area contributed by atoms with Crippen molar-refractivity contribution in [1.82, 2.24) is 20.3 Å². The van der Waals surface area contributed by atoms with E-state index in [1.54, 1.807) is 24.5 Å². The molecule has 1 amide bonds. The molecule has 1 unspecified atom stereocenters. The number of carbonyl (C=O) groups is 1. The molecule has 3 heterocycles. The molecule has 0 aliphatic heterocycles. The fourth-order valence-corrected chi connectivity index (χ4v) is 3.49. The maximum Gasteiger partial charge on any atom is 0.274 e. The Morgan fingerprint density at radius 2 is 2.08 bits per heavy atom. The molecule has 0 fully saturated rings. The van der Waals surface area contributed by atoms with Crippen LogP contribution in [0.3, 0.4) is 0 Å². The smallest absolute Gasteiger partial charge is 0.274 e. The molecule has 6 nitrogen and oxygen atoms in total. The molecule has 25 heavy (non-hydrogen) atoms. The molecule has 0 saturated heterocycles. The first kappa shape index (κ1) is 15.5. The van der Waals surface area contributed by atoms with Crippen LogP contribution in [0.25, 0.3) is 10.9 Å². The number of aromatic nitrogens is 3. The minimum atomic E-state index is -0.294. The molecule has 0 saturated carbocycles. The molecule has 126 valence electrons. The summed E-state index contributed by atoms with van der Waals surface area (Å²) in [5, 5.41) is 3.55. The number of fused-ring (bicyclic) bond motifs is 2. The molecule has 1 atom stereocenters. The third-order valence-electron chi connectivity index (χ3n) is 4.73. The molecule has 2 N–H and O–H groups in total. The Morgan fingerprint density at radius 3 is 3.00 bits per heavy atom. The van der Waals surface area contributed by atoms with Gasteiger partial charge in [0.25, 0.3) is 11.5 Å². The highest BCUT2D eigenvalue weighted by Crippen LogP contribution is 2.29. The zero-order valence-electron chi connectivity index (χ0n) is 13.7. The summed E-state index contributed by atoms with van der Waals surface area (Å²) in [6.45, 7) is 0.531. The minimum absolute atomic E-state index is 0.211. The van der Waals surface area contributed by atoms with E-state index in [0.717, 1.165) is 25.0 Å². The lowest BCUT2D eigenvalue weighted by atomic mass is 9.86. The molecule has 3 aromatic heterocycles. The van der Waals surface area contributed by atoms with Gasteiger partial charge in [0.15, 0.2) is 0 Å². The fraction of sp³-hybridized carbons (Fsp3) is 0.263. The van der Waals surface area contributed by atoms with E-state index in [2.05, 4.69) is 26.3 Å². The van der Waals surface area contributed by atoms with Crippen molar-refractivity contribution in [3.05, 3.63) is 70.0 Å². The van der Waals surface area contributed by atoms with Crippen molar-refractivity contribution in [1.29, 1.82) is 0 Å². The van der Waals surface area contributed by atoms with Gasteiger partial charge in [-0.15, -0.1) is 0 Å². The summed E-state index contributed by atoms with van der Waals surface area (Å²) >= 11 is 0. The summed E-state index contributed by atoms with van der Waals surface area (Å²) in [5.74, 6) is 0.0124. The standard InChI is InChI=1S/C19H18N4O2/c24-18(15-11-23-19(25)17-14(15)7-3-9-21-17)22-10-13-5-1-4-12-6-2-8-20-16(12)13/h2-3,6-9,11,13H,1,4-5,10H2,(H,22,24)(H,23,25). The Hall–Kier alpha value is -3.02. The van der Waals surface area contributed by atoms with Crippen LogP contribution in [0, 0.1) is 0 Å². The summed E-state index contributed by atoms with van der Waals surface area (Å²) in [6, 6.07) is 7.53. The molecule has 0 aromatic carbocycles. The normalized spacial score (nSPS) is 16.4. The largest absolute Gasteiger partial charge is 0.351 e. The number of H-pyrrole nitrogens is 1. The lowest BCUT2D eigenvalue weighted by molar-refractivity contribution is 0.0951. The quantitative estimate of drug-likeness (QED) is 0.768. The lowest BCUT2D eigenvalue weighted by Gasteiger charge is -2.24. The van der Waals surface area contributed by atoms with Gasteiger partial charge < -0.3 is 10.3 Å². The number of hydrogen-bond donors (Lipinski definition) is 2. The van der Waals surface area contributed by atoms with E-state index in [9.17, 15) is 9.59 Å². The first-order valence-electron chi connectivity index (χ1n) is 8.42. The van der Waals surface area contributed by atoms with Crippen molar-refractivity contribution in [2.75, 3.05) is 6.54 Å². The zero-order chi connectivity index (χ0) is 17.2. The van der Waals surface area contributed by atoms with Crippen LogP contribution in [-0.4, -0.2) is 27.4 Å². The molecule has 0 spiro atoms. The van der Waals surface area contributed by atoms with Crippen molar-refractivity contribution < 1.29 is 4.79 Å². The van der Waals surface area contributed by atoms with Gasteiger partial charge in [-0.05, 0) is 37.0 Å². The maximum absolute atomic E-state index is 12.6. The van der Waals surface area contributed by atoms with Crippen LogP contribution < -0.4 is 10.9 Å². The Kier molecular flexibility index (Phi) is 4.01. The molecule has 1 aliphatic rings. The zero-order valence-corrected chi connectivity index (χ0v) is 13.7. The first-order valence-corrected chi connectivity index (χ1v) is 8.42. The van der Waals surface area contributed by atoms with Crippen LogP contribution in [0.4, 0.5) is 0 Å². The average Bonchev–Trinajstić information content (AvgIpc) is 2.66. The van der Waals surface area contributed by atoms with Gasteiger partial charge in [-0.1, -0.05) is 12.1 Å². The molecule has 1 aliphatic carbocycles. The Labute approximate surface area is 144 Å². The summed E-state index contributed by atoms with van der Waals surface area (Å²) in [5.41, 5.74) is 2.77. The predicted octanol–water partition coefficient (Wildman–Crippen LogP) is 2.17. The monoisotopic (exact) mass is 334 g/mol. The number of rotatable bonds is 3. The summed E-state index contributed by atoms with van der Waals surface area (Å²) < 4.78 is 0. The summed E-state index contributed by atoms with van der Waals surface area (Å²) in [6.07, 6.45) is 7.96. The van der Waals surface area contributed by atoms with Crippen LogP contribution in [-0.2, 0) is 6.42 Å². The van der Waals surface area contributed by atoms with Crippen LogP contribution in [0.5, 0.6) is 0 Å². The van der Waals surface area contributed by atoms with Crippen LogP contribution >= 0.6 is 0 Å². The topological polar surface area (TPSA) is 87.7 Å². The van der Waals surface area contributed by atoms with Gasteiger partial charge >= 0.3 is 0 Å². The first-order chi connectivity index (χ1) is 12.2. The van der Waals surface area contributed by atoms with E-state index < -0.39 is 0 Å². The Balaban J connectivity index is 1.56. The van der Waals surface area contributed by atoms with E-state index in [4.69, 9.17) is 0 Å². The van der Waals surface area contributed by atoms with Gasteiger partial charge in [-0.25, -0.2) is 0 Å². The fourth-order valence-electron chi connectivity index (χ4n) is 3.49. The number of aromatic amines is 1. The lowest BCUT2D eigenvalue weighted by Crippen LogP contribution is -2.31. The van der Waals surface area contributed by atoms with E-state index >= 15 is 0 Å². The van der Waals surface area contributed by atoms with Gasteiger partial charge in [-0.3, -0.25) is 19.6 Å². The highest BCUT2D eigenvalue weighted by atomic mass is 16.1. The van der Waals surface area contributed by atoms with Crippen LogP contribution in [0.2, 0.25) is 0 Å². The molecule has 6 heteroatoms. The number of amides is 1. The van der Waals surface area contributed by atoms with Crippen molar-refractivity contribution in [3.63, 3.8) is 0 Å². The van der Waals surface area contributed by atoms with Crippen molar-refractivity contribution in [2.45, 2.75) is 25.2 Å². The summed E-state index contributed by atoms with van der Waals surface area (Å²) in [7, 11) is 0. The van der Waals surface area contributed by atoms with Gasteiger partial charge in [0, 0.05) is 42.1 Å². The number of pyridine rings is 3. The number of hydrogen-bond acceptors (Lipinski definition) is 4. The third kappa shape index (κ3) is 2.91. The predicted molar refractivity (Wildman–Crippen MR) is 94.6 cm³/mol. The maximum atomic E-state index is 12.6. The number of nitrogens with one attached hydrogen (secondary N) is 2. The van der Waals surface area contributed by atoms with Crippen LogP contribution in [0.1, 0.15) is 40.4 Å². The highest BCUT2D eigenvalue weighted by molar-refractivity contribution is 6.05. The number of aryl methyl sites for hydroxylation is 1. The molecule has 0 radical (unpaired) electrons. The van der Waals surface area contributed by atoms with E-state index in [1.807, 2.05) is 6.07 Å². The molecular weight excluding hydrogens is 316 g/mol. The number of nitrogens with zero attached hydrogens (tertiary/aromatic N) is 2. The molecule has 0 bridgehead atoms. The molecule has 4 rings (SSSR count). The van der Waals surface area contributed by atoms with Crippen molar-refractivity contribution in [3.8, 4) is 0 Å². The second kappa shape index (κ2) is 6.47. The van der Waals surface area contributed by atoms with Crippen LogP contribution in [0.15, 0.2) is 47.7 Å². The second-order valence-electron chi connectivity index (χ2n) is 6.28. The Morgan fingerprint density at radius 1 is 1.24 bits per heavy atom. The molecule has 3 aromatic rings. The van der Waals surface area contributed by atoms with Crippen molar-refractivity contribution >= 4 is 16.8 Å². The SMILES string of the molecule is O=C(NCC1CCCc2cccnc21)c1c[nH]c(=O)c2ncccc12. The third-order valence-corrected chi connectivity index (χ3v) is 4.73. The highest BCUT2D eigenvalue weighted by Gasteiger charge is 2.22. The minimum Gasteiger partial charge on any atom is -0.351 e. The summed E-state index contributed by atoms with van der Waals surface area (Å²) in [4.78, 5) is 35.6. The average molecular weight is 334 g/mol.